The van der Waals surface area contributed by atoms with Gasteiger partial charge in [-0.15, -0.1) is 0 Å². The van der Waals surface area contributed by atoms with Gasteiger partial charge >= 0.3 is 0 Å². The Hall–Kier alpha value is -4.13. The van der Waals surface area contributed by atoms with Gasteiger partial charge in [0, 0.05) is 23.1 Å². The van der Waals surface area contributed by atoms with Crippen molar-refractivity contribution in [3.05, 3.63) is 66.0 Å². The lowest BCUT2D eigenvalue weighted by molar-refractivity contribution is 0.324. The minimum absolute atomic E-state index is 0.511. The molecule has 33 heavy (non-hydrogen) atoms. The van der Waals surface area contributed by atoms with Crippen LogP contribution in [0.1, 0.15) is 0 Å². The zero-order valence-electron chi connectivity index (χ0n) is 19.2. The second-order valence-electron chi connectivity index (χ2n) is 7.06. The summed E-state index contributed by atoms with van der Waals surface area (Å²) in [5.74, 6) is 3.47. The Morgan fingerprint density at radius 2 is 1.36 bits per heavy atom. The zero-order valence-corrected chi connectivity index (χ0v) is 19.2. The van der Waals surface area contributed by atoms with Crippen LogP contribution in [0.2, 0.25) is 0 Å². The lowest BCUT2D eigenvalue weighted by Crippen LogP contribution is -2.04. The van der Waals surface area contributed by atoms with Crippen LogP contribution in [0.4, 0.5) is 5.69 Å². The maximum absolute atomic E-state index is 6.23. The summed E-state index contributed by atoms with van der Waals surface area (Å²) >= 11 is 0. The Bertz CT molecular complexity index is 1330. The van der Waals surface area contributed by atoms with Crippen molar-refractivity contribution in [3.63, 3.8) is 0 Å². The van der Waals surface area contributed by atoms with Crippen LogP contribution in [0.3, 0.4) is 0 Å². The number of benzene rings is 3. The van der Waals surface area contributed by atoms with E-state index >= 15 is 0 Å². The van der Waals surface area contributed by atoms with E-state index in [0.29, 0.717) is 45.8 Å². The Morgan fingerprint density at radius 1 is 0.667 bits per heavy atom. The highest BCUT2D eigenvalue weighted by Crippen LogP contribution is 2.41. The first-order chi connectivity index (χ1) is 16.1. The first-order valence-corrected chi connectivity index (χ1v) is 10.2. The van der Waals surface area contributed by atoms with E-state index in [1.165, 1.54) is 0 Å². The van der Waals surface area contributed by atoms with Gasteiger partial charge < -0.3 is 28.1 Å². The lowest BCUT2D eigenvalue weighted by Gasteiger charge is -2.14. The van der Waals surface area contributed by atoms with Gasteiger partial charge in [-0.05, 0) is 36.4 Å². The molecule has 7 nitrogen and oxygen atoms in total. The van der Waals surface area contributed by atoms with Gasteiger partial charge in [-0.3, -0.25) is 0 Å². The fourth-order valence-corrected chi connectivity index (χ4v) is 3.58. The molecule has 170 valence electrons. The molecule has 0 bridgehead atoms. The van der Waals surface area contributed by atoms with E-state index in [9.17, 15) is 0 Å². The maximum Gasteiger partial charge on any atom is 0.203 e. The molecule has 0 amide bonds. The summed E-state index contributed by atoms with van der Waals surface area (Å²) in [6.45, 7) is 0. The third-order valence-corrected chi connectivity index (χ3v) is 5.23. The molecule has 0 atom stereocenters. The molecule has 0 spiro atoms. The average Bonchev–Trinajstić information content (AvgIpc) is 2.87. The van der Waals surface area contributed by atoms with Gasteiger partial charge in [0.25, 0.3) is 0 Å². The highest BCUT2D eigenvalue weighted by Gasteiger charge is 2.16. The molecule has 0 N–H and O–H groups in total. The van der Waals surface area contributed by atoms with Crippen LogP contribution in [0.25, 0.3) is 22.3 Å². The van der Waals surface area contributed by atoms with Crippen LogP contribution in [-0.4, -0.2) is 35.5 Å². The van der Waals surface area contributed by atoms with Gasteiger partial charge in [0.2, 0.25) is 5.75 Å². The Kier molecular flexibility index (Phi) is 6.40. The summed E-state index contributed by atoms with van der Waals surface area (Å²) in [7, 11) is 7.94. The number of ether oxygens (including phenoxy) is 5. The third kappa shape index (κ3) is 4.30. The first kappa shape index (κ1) is 22.1. The van der Waals surface area contributed by atoms with Crippen molar-refractivity contribution in [2.75, 3.05) is 35.5 Å². The van der Waals surface area contributed by atoms with Crippen LogP contribution < -0.4 is 29.0 Å². The number of methoxy groups -OCH3 is 5. The van der Waals surface area contributed by atoms with Gasteiger partial charge in [-0.1, -0.05) is 12.1 Å². The van der Waals surface area contributed by atoms with Crippen LogP contribution in [0, 0.1) is 0 Å². The number of hydrogen-bond acceptors (Lipinski definition) is 7. The number of fused-ring (bicyclic) bond motifs is 1. The molecule has 0 saturated carbocycles. The predicted octanol–water partition coefficient (Wildman–Crippen LogP) is 5.38. The molecule has 0 saturated heterocycles. The Morgan fingerprint density at radius 3 is 2.00 bits per heavy atom. The van der Waals surface area contributed by atoms with Crippen molar-refractivity contribution in [1.82, 2.24) is 0 Å². The van der Waals surface area contributed by atoms with E-state index in [0.717, 1.165) is 16.3 Å². The topological polar surface area (TPSA) is 71.7 Å². The van der Waals surface area contributed by atoms with Crippen molar-refractivity contribution < 1.29 is 28.1 Å². The van der Waals surface area contributed by atoms with E-state index < -0.39 is 0 Å². The van der Waals surface area contributed by atoms with Crippen LogP contribution in [0.15, 0.2) is 70.1 Å². The van der Waals surface area contributed by atoms with Gasteiger partial charge in [0.05, 0.1) is 40.9 Å². The summed E-state index contributed by atoms with van der Waals surface area (Å²) in [4.78, 5) is 4.89. The number of hydrogen-bond donors (Lipinski definition) is 0. The molecule has 3 aromatic carbocycles. The lowest BCUT2D eigenvalue weighted by atomic mass is 10.1. The van der Waals surface area contributed by atoms with Crippen molar-refractivity contribution in [2.24, 2.45) is 4.99 Å². The van der Waals surface area contributed by atoms with Gasteiger partial charge in [0.15, 0.2) is 11.5 Å². The first-order valence-electron chi connectivity index (χ1n) is 10.2. The minimum atomic E-state index is 0.511. The fraction of sp³-hybridized carbons (Fsp3) is 0.192. The summed E-state index contributed by atoms with van der Waals surface area (Å²) in [6, 6.07) is 18.8. The maximum atomic E-state index is 6.23. The van der Waals surface area contributed by atoms with E-state index in [1.807, 2.05) is 54.6 Å². The molecular formula is C26H25NO6. The summed E-state index contributed by atoms with van der Waals surface area (Å²) < 4.78 is 33.5. The highest BCUT2D eigenvalue weighted by atomic mass is 16.5. The predicted molar refractivity (Wildman–Crippen MR) is 126 cm³/mol. The SMILES string of the molecule is COc1ccc(N=c2cc(-c3cc(OC)c(OC)c(OC)c3)oc3ccccc23)c(OC)c1. The van der Waals surface area contributed by atoms with Gasteiger partial charge in [0.1, 0.15) is 28.5 Å². The van der Waals surface area contributed by atoms with Crippen molar-refractivity contribution >= 4 is 16.7 Å². The van der Waals surface area contributed by atoms with E-state index in [4.69, 9.17) is 33.1 Å². The molecule has 1 aromatic heterocycles. The fourth-order valence-electron chi connectivity index (χ4n) is 3.58. The number of rotatable bonds is 7. The molecule has 7 heteroatoms. The summed E-state index contributed by atoms with van der Waals surface area (Å²) in [5, 5.41) is 1.59. The van der Waals surface area contributed by atoms with E-state index in [1.54, 1.807) is 41.6 Å². The average molecular weight is 447 g/mol. The molecule has 0 aliphatic carbocycles. The molecule has 0 unspecified atom stereocenters. The molecule has 1 heterocycles. The standard InChI is InChI=1S/C26H25NO6/c1-28-17-10-11-19(23(14-17)29-2)27-20-15-22(33-21-9-7-6-8-18(20)21)16-12-24(30-3)26(32-5)25(13-16)31-4/h6-15H,1-5H3. The molecule has 4 rings (SSSR count). The zero-order chi connectivity index (χ0) is 23.4. The summed E-state index contributed by atoms with van der Waals surface area (Å²) in [5.41, 5.74) is 2.12. The van der Waals surface area contributed by atoms with E-state index in [-0.39, 0.29) is 0 Å². The van der Waals surface area contributed by atoms with Gasteiger partial charge in [-0.2, -0.15) is 0 Å². The number of para-hydroxylation sites is 1. The quantitative estimate of drug-likeness (QED) is 0.379. The highest BCUT2D eigenvalue weighted by molar-refractivity contribution is 5.79. The van der Waals surface area contributed by atoms with Crippen molar-refractivity contribution in [2.45, 2.75) is 0 Å². The van der Waals surface area contributed by atoms with Crippen molar-refractivity contribution in [1.29, 1.82) is 0 Å². The summed E-state index contributed by atoms with van der Waals surface area (Å²) in [6.07, 6.45) is 0. The Balaban J connectivity index is 1.97. The molecule has 0 fully saturated rings. The van der Waals surface area contributed by atoms with Crippen LogP contribution in [0.5, 0.6) is 28.7 Å². The normalized spacial score (nSPS) is 11.4. The number of nitrogens with zero attached hydrogens (tertiary/aromatic N) is 1. The molecule has 4 aromatic rings. The van der Waals surface area contributed by atoms with Crippen molar-refractivity contribution in [3.8, 4) is 40.1 Å². The minimum Gasteiger partial charge on any atom is -0.497 e. The van der Waals surface area contributed by atoms with E-state index in [2.05, 4.69) is 0 Å². The molecule has 0 radical (unpaired) electrons. The largest absolute Gasteiger partial charge is 0.497 e. The molecule has 0 aliphatic heterocycles. The second kappa shape index (κ2) is 9.56. The van der Waals surface area contributed by atoms with Gasteiger partial charge in [-0.25, -0.2) is 4.99 Å². The third-order valence-electron chi connectivity index (χ3n) is 5.23. The molecule has 0 aliphatic rings. The monoisotopic (exact) mass is 447 g/mol. The second-order valence-corrected chi connectivity index (χ2v) is 7.06. The smallest absolute Gasteiger partial charge is 0.203 e. The Labute approximate surface area is 191 Å². The molecular weight excluding hydrogens is 422 g/mol. The van der Waals surface area contributed by atoms with Crippen LogP contribution >= 0.6 is 0 Å². The van der Waals surface area contributed by atoms with Crippen LogP contribution in [-0.2, 0) is 0 Å².